The van der Waals surface area contributed by atoms with Gasteiger partial charge in [0.1, 0.15) is 0 Å². The molecule has 84 valence electrons. The molecule has 0 fully saturated rings. The highest BCUT2D eigenvalue weighted by atomic mass is 79.9. The fraction of sp³-hybridized carbons (Fsp3) is 0.400. The van der Waals surface area contributed by atoms with Crippen molar-refractivity contribution in [1.29, 1.82) is 0 Å². The van der Waals surface area contributed by atoms with Gasteiger partial charge in [0.25, 0.3) is 0 Å². The Bertz CT molecular complexity index is 330. The van der Waals surface area contributed by atoms with Crippen molar-refractivity contribution in [2.24, 2.45) is 0 Å². The van der Waals surface area contributed by atoms with Gasteiger partial charge in [-0.2, -0.15) is 13.2 Å². The van der Waals surface area contributed by atoms with Crippen LogP contribution in [0.4, 0.5) is 13.2 Å². The zero-order valence-electron chi connectivity index (χ0n) is 7.98. The summed E-state index contributed by atoms with van der Waals surface area (Å²) < 4.78 is 37.2. The molecule has 1 nitrogen and oxygen atoms in total. The summed E-state index contributed by atoms with van der Waals surface area (Å²) in [6.07, 6.45) is -5.63. The normalized spacial score (nSPS) is 16.1. The van der Waals surface area contributed by atoms with Crippen LogP contribution in [0.3, 0.4) is 0 Å². The third-order valence-corrected chi connectivity index (χ3v) is 2.54. The van der Waals surface area contributed by atoms with Crippen molar-refractivity contribution in [1.82, 2.24) is 0 Å². The van der Waals surface area contributed by atoms with Crippen molar-refractivity contribution in [3.8, 4) is 0 Å². The van der Waals surface area contributed by atoms with Crippen LogP contribution in [0.5, 0.6) is 0 Å². The third kappa shape index (κ3) is 3.83. The molecule has 5 heteroatoms. The van der Waals surface area contributed by atoms with Gasteiger partial charge in [-0.3, -0.25) is 0 Å². The molecule has 0 radical (unpaired) electrons. The number of halogens is 4. The van der Waals surface area contributed by atoms with Crippen LogP contribution < -0.4 is 0 Å². The number of rotatable bonds is 2. The van der Waals surface area contributed by atoms with Gasteiger partial charge >= 0.3 is 6.18 Å². The van der Waals surface area contributed by atoms with Crippen molar-refractivity contribution >= 4 is 15.9 Å². The number of aliphatic hydroxyl groups is 1. The lowest BCUT2D eigenvalue weighted by Crippen LogP contribution is -2.28. The first-order chi connectivity index (χ1) is 6.71. The molecule has 1 N–H and O–H groups in total. The van der Waals surface area contributed by atoms with Gasteiger partial charge in [0.05, 0.1) is 12.0 Å². The first kappa shape index (κ1) is 12.5. The topological polar surface area (TPSA) is 20.2 Å². The minimum absolute atomic E-state index is 0.253. The molecule has 15 heavy (non-hydrogen) atoms. The number of alkyl halides is 3. The molecule has 0 heterocycles. The highest BCUT2D eigenvalue weighted by Gasteiger charge is 2.39. The Balaban J connectivity index is 2.90. The predicted octanol–water partition coefficient (Wildman–Crippen LogP) is 3.61. The van der Waals surface area contributed by atoms with Crippen LogP contribution in [0.2, 0.25) is 0 Å². The van der Waals surface area contributed by atoms with Crippen molar-refractivity contribution < 1.29 is 18.3 Å². The van der Waals surface area contributed by atoms with E-state index in [1.54, 1.807) is 12.1 Å². The van der Waals surface area contributed by atoms with Crippen LogP contribution in [0, 0.1) is 0 Å². The zero-order chi connectivity index (χ0) is 11.7. The SMILES string of the molecule is C[C@](O)(CC(F)(F)F)c1ccc(Br)cc1. The van der Waals surface area contributed by atoms with Gasteiger partial charge in [-0.15, -0.1) is 0 Å². The molecule has 1 atom stereocenters. The molecular weight excluding hydrogens is 273 g/mol. The second kappa shape index (κ2) is 4.14. The molecule has 0 aliphatic heterocycles. The smallest absolute Gasteiger partial charge is 0.385 e. The van der Waals surface area contributed by atoms with Gasteiger partial charge in [0, 0.05) is 4.47 Å². The van der Waals surface area contributed by atoms with E-state index < -0.39 is 18.2 Å². The lowest BCUT2D eigenvalue weighted by atomic mass is 9.92. The second-order valence-electron chi connectivity index (χ2n) is 3.57. The fourth-order valence-electron chi connectivity index (χ4n) is 1.30. The maximum atomic E-state index is 12.1. The molecule has 0 amide bonds. The monoisotopic (exact) mass is 282 g/mol. The lowest BCUT2D eigenvalue weighted by Gasteiger charge is -2.25. The largest absolute Gasteiger partial charge is 0.392 e. The van der Waals surface area contributed by atoms with Crippen LogP contribution in [0.15, 0.2) is 28.7 Å². The predicted molar refractivity (Wildman–Crippen MR) is 54.4 cm³/mol. The lowest BCUT2D eigenvalue weighted by molar-refractivity contribution is -0.174. The molecule has 0 aromatic heterocycles. The number of hydrogen-bond donors (Lipinski definition) is 1. The molecule has 1 aromatic carbocycles. The summed E-state index contributed by atoms with van der Waals surface area (Å²) >= 11 is 3.17. The van der Waals surface area contributed by atoms with Crippen LogP contribution in [-0.2, 0) is 5.60 Å². The molecule has 1 rings (SSSR count). The quantitative estimate of drug-likeness (QED) is 0.879. The van der Waals surface area contributed by atoms with Gasteiger partial charge in [0.2, 0.25) is 0 Å². The first-order valence-electron chi connectivity index (χ1n) is 4.26. The average Bonchev–Trinajstić information content (AvgIpc) is 2.00. The Hall–Kier alpha value is -0.550. The summed E-state index contributed by atoms with van der Waals surface area (Å²) in [5.41, 5.74) is -1.62. The van der Waals surface area contributed by atoms with E-state index in [-0.39, 0.29) is 5.56 Å². The molecule has 0 saturated heterocycles. The maximum Gasteiger partial charge on any atom is 0.392 e. The second-order valence-corrected chi connectivity index (χ2v) is 4.49. The third-order valence-electron chi connectivity index (χ3n) is 2.01. The Morgan fingerprint density at radius 2 is 1.67 bits per heavy atom. The van der Waals surface area contributed by atoms with E-state index in [0.29, 0.717) is 0 Å². The summed E-state index contributed by atoms with van der Waals surface area (Å²) in [7, 11) is 0. The van der Waals surface area contributed by atoms with Crippen LogP contribution in [-0.4, -0.2) is 11.3 Å². The summed E-state index contributed by atoms with van der Waals surface area (Å²) in [4.78, 5) is 0. The summed E-state index contributed by atoms with van der Waals surface area (Å²) in [5, 5.41) is 9.68. The first-order valence-corrected chi connectivity index (χ1v) is 5.05. The highest BCUT2D eigenvalue weighted by molar-refractivity contribution is 9.10. The molecule has 0 spiro atoms. The van der Waals surface area contributed by atoms with Gasteiger partial charge in [-0.1, -0.05) is 28.1 Å². The maximum absolute atomic E-state index is 12.1. The summed E-state index contributed by atoms with van der Waals surface area (Å²) in [6, 6.07) is 6.13. The Morgan fingerprint density at radius 1 is 1.20 bits per heavy atom. The van der Waals surface area contributed by atoms with E-state index in [1.807, 2.05) is 0 Å². The van der Waals surface area contributed by atoms with Crippen molar-refractivity contribution in [3.05, 3.63) is 34.3 Å². The van der Waals surface area contributed by atoms with E-state index in [2.05, 4.69) is 15.9 Å². The number of hydrogen-bond acceptors (Lipinski definition) is 1. The van der Waals surface area contributed by atoms with E-state index in [4.69, 9.17) is 0 Å². The van der Waals surface area contributed by atoms with Crippen LogP contribution in [0.25, 0.3) is 0 Å². The Kier molecular flexibility index (Phi) is 3.45. The molecule has 0 aliphatic carbocycles. The molecule has 0 unspecified atom stereocenters. The molecular formula is C10H10BrF3O. The fourth-order valence-corrected chi connectivity index (χ4v) is 1.57. The highest BCUT2D eigenvalue weighted by Crippen LogP contribution is 2.34. The van der Waals surface area contributed by atoms with E-state index in [1.165, 1.54) is 12.1 Å². The van der Waals surface area contributed by atoms with Gasteiger partial charge < -0.3 is 5.11 Å². The Morgan fingerprint density at radius 3 is 2.07 bits per heavy atom. The van der Waals surface area contributed by atoms with E-state index in [9.17, 15) is 18.3 Å². The summed E-state index contributed by atoms with van der Waals surface area (Å²) in [5.74, 6) is 0. The van der Waals surface area contributed by atoms with Crippen LogP contribution >= 0.6 is 15.9 Å². The van der Waals surface area contributed by atoms with E-state index in [0.717, 1.165) is 11.4 Å². The van der Waals surface area contributed by atoms with Crippen molar-refractivity contribution in [2.75, 3.05) is 0 Å². The van der Waals surface area contributed by atoms with Gasteiger partial charge in [0.15, 0.2) is 0 Å². The summed E-state index contributed by atoms with van der Waals surface area (Å²) in [6.45, 7) is 1.16. The minimum Gasteiger partial charge on any atom is -0.385 e. The van der Waals surface area contributed by atoms with Gasteiger partial charge in [-0.05, 0) is 24.6 Å². The molecule has 0 bridgehead atoms. The zero-order valence-corrected chi connectivity index (χ0v) is 9.56. The average molecular weight is 283 g/mol. The molecule has 1 aromatic rings. The van der Waals surface area contributed by atoms with Crippen molar-refractivity contribution in [3.63, 3.8) is 0 Å². The van der Waals surface area contributed by atoms with Crippen molar-refractivity contribution in [2.45, 2.75) is 25.1 Å². The number of benzene rings is 1. The van der Waals surface area contributed by atoms with E-state index >= 15 is 0 Å². The van der Waals surface area contributed by atoms with Crippen LogP contribution in [0.1, 0.15) is 18.9 Å². The molecule has 0 aliphatic rings. The van der Waals surface area contributed by atoms with Gasteiger partial charge in [-0.25, -0.2) is 0 Å². The standard InChI is InChI=1S/C10H10BrF3O/c1-9(15,6-10(12,13)14)7-2-4-8(11)5-3-7/h2-5,15H,6H2,1H3/t9-/m0/s1. The molecule has 0 saturated carbocycles. The Labute approximate surface area is 94.0 Å². The minimum atomic E-state index is -4.38.